The van der Waals surface area contributed by atoms with Gasteiger partial charge in [0.1, 0.15) is 5.75 Å². The normalized spacial score (nSPS) is 16.5. The molecule has 0 aromatic heterocycles. The van der Waals surface area contributed by atoms with Crippen molar-refractivity contribution >= 4 is 11.8 Å². The SMILES string of the molecule is O=C(c1ccccc1)c1cc2c(cc1O)C(C(=O)O)CC2. The Morgan fingerprint density at radius 3 is 2.48 bits per heavy atom. The zero-order valence-electron chi connectivity index (χ0n) is 11.2. The van der Waals surface area contributed by atoms with Crippen molar-refractivity contribution < 1.29 is 19.8 Å². The molecule has 2 N–H and O–H groups in total. The van der Waals surface area contributed by atoms with E-state index >= 15 is 0 Å². The molecule has 0 aliphatic heterocycles. The molecule has 1 aliphatic carbocycles. The highest BCUT2D eigenvalue weighted by atomic mass is 16.4. The largest absolute Gasteiger partial charge is 0.507 e. The van der Waals surface area contributed by atoms with E-state index in [1.54, 1.807) is 30.3 Å². The number of fused-ring (bicyclic) bond motifs is 1. The number of phenolic OH excluding ortho intramolecular Hbond substituents is 1. The number of aromatic hydroxyl groups is 1. The van der Waals surface area contributed by atoms with Crippen LogP contribution in [0.1, 0.15) is 39.4 Å². The van der Waals surface area contributed by atoms with Crippen LogP contribution in [0.4, 0.5) is 0 Å². The van der Waals surface area contributed by atoms with Crippen LogP contribution in [-0.4, -0.2) is 22.0 Å². The summed E-state index contributed by atoms with van der Waals surface area (Å²) in [6.07, 6.45) is 1.12. The standard InChI is InChI=1S/C17H14O4/c18-15-9-13-11(6-7-12(13)17(20)21)8-14(15)16(19)10-4-2-1-3-5-10/h1-5,8-9,12,18H,6-7H2,(H,20,21). The summed E-state index contributed by atoms with van der Waals surface area (Å²) < 4.78 is 0. The molecule has 0 saturated carbocycles. The second-order valence-electron chi connectivity index (χ2n) is 5.19. The van der Waals surface area contributed by atoms with Gasteiger partial charge in [0.05, 0.1) is 11.5 Å². The van der Waals surface area contributed by atoms with E-state index in [9.17, 15) is 14.7 Å². The fourth-order valence-electron chi connectivity index (χ4n) is 2.83. The first-order valence-corrected chi connectivity index (χ1v) is 6.76. The summed E-state index contributed by atoms with van der Waals surface area (Å²) in [5.74, 6) is -1.90. The number of phenols is 1. The summed E-state index contributed by atoms with van der Waals surface area (Å²) in [6.45, 7) is 0. The molecule has 1 atom stereocenters. The van der Waals surface area contributed by atoms with E-state index in [1.807, 2.05) is 6.07 Å². The van der Waals surface area contributed by atoms with Crippen molar-refractivity contribution in [2.45, 2.75) is 18.8 Å². The number of benzene rings is 2. The van der Waals surface area contributed by atoms with Crippen molar-refractivity contribution in [3.05, 3.63) is 64.7 Å². The lowest BCUT2D eigenvalue weighted by Crippen LogP contribution is -2.08. The number of carboxylic acid groups (broad SMARTS) is 1. The Bertz CT molecular complexity index is 719. The van der Waals surface area contributed by atoms with Gasteiger partial charge in [0, 0.05) is 5.56 Å². The van der Waals surface area contributed by atoms with Crippen LogP contribution in [0.3, 0.4) is 0 Å². The molecule has 0 saturated heterocycles. The molecular weight excluding hydrogens is 268 g/mol. The predicted octanol–water partition coefficient (Wildman–Crippen LogP) is 2.74. The highest BCUT2D eigenvalue weighted by molar-refractivity contribution is 6.10. The summed E-state index contributed by atoms with van der Waals surface area (Å²) in [6, 6.07) is 11.8. The van der Waals surface area contributed by atoms with E-state index in [0.29, 0.717) is 24.0 Å². The zero-order valence-corrected chi connectivity index (χ0v) is 11.2. The average molecular weight is 282 g/mol. The van der Waals surface area contributed by atoms with Gasteiger partial charge in [-0.3, -0.25) is 9.59 Å². The Hall–Kier alpha value is -2.62. The van der Waals surface area contributed by atoms with Crippen LogP contribution in [0.15, 0.2) is 42.5 Å². The van der Waals surface area contributed by atoms with E-state index in [0.717, 1.165) is 5.56 Å². The molecule has 2 aromatic rings. The van der Waals surface area contributed by atoms with Crippen LogP contribution >= 0.6 is 0 Å². The molecule has 0 fully saturated rings. The topological polar surface area (TPSA) is 74.6 Å². The van der Waals surface area contributed by atoms with Gasteiger partial charge in [-0.15, -0.1) is 0 Å². The molecule has 1 aliphatic rings. The number of ketones is 1. The number of carboxylic acids is 1. The van der Waals surface area contributed by atoms with Gasteiger partial charge in [-0.25, -0.2) is 0 Å². The summed E-state index contributed by atoms with van der Waals surface area (Å²) >= 11 is 0. The molecule has 0 heterocycles. The number of carbonyl (C=O) groups excluding carboxylic acids is 1. The van der Waals surface area contributed by atoms with Crippen LogP contribution in [-0.2, 0) is 11.2 Å². The predicted molar refractivity (Wildman–Crippen MR) is 76.7 cm³/mol. The molecule has 4 nitrogen and oxygen atoms in total. The third kappa shape index (κ3) is 2.29. The van der Waals surface area contributed by atoms with Crippen molar-refractivity contribution in [2.24, 2.45) is 0 Å². The first kappa shape index (κ1) is 13.4. The molecule has 3 rings (SSSR count). The molecule has 4 heteroatoms. The fraction of sp³-hybridized carbons (Fsp3) is 0.176. The van der Waals surface area contributed by atoms with E-state index < -0.39 is 11.9 Å². The minimum absolute atomic E-state index is 0.157. The Morgan fingerprint density at radius 2 is 1.81 bits per heavy atom. The van der Waals surface area contributed by atoms with E-state index in [-0.39, 0.29) is 17.1 Å². The van der Waals surface area contributed by atoms with Gasteiger partial charge in [-0.2, -0.15) is 0 Å². The van der Waals surface area contributed by atoms with Crippen LogP contribution in [0, 0.1) is 0 Å². The van der Waals surface area contributed by atoms with Gasteiger partial charge in [-0.1, -0.05) is 30.3 Å². The first-order valence-electron chi connectivity index (χ1n) is 6.76. The number of rotatable bonds is 3. The Balaban J connectivity index is 2.03. The number of hydrogen-bond acceptors (Lipinski definition) is 3. The van der Waals surface area contributed by atoms with Crippen molar-refractivity contribution in [2.75, 3.05) is 0 Å². The molecular formula is C17H14O4. The lowest BCUT2D eigenvalue weighted by molar-refractivity contribution is -0.138. The van der Waals surface area contributed by atoms with Gasteiger partial charge in [-0.05, 0) is 36.1 Å². The third-order valence-corrected chi connectivity index (χ3v) is 3.91. The fourth-order valence-corrected chi connectivity index (χ4v) is 2.83. The summed E-state index contributed by atoms with van der Waals surface area (Å²) in [7, 11) is 0. The molecule has 2 aromatic carbocycles. The quantitative estimate of drug-likeness (QED) is 0.849. The third-order valence-electron chi connectivity index (χ3n) is 3.91. The van der Waals surface area contributed by atoms with Crippen molar-refractivity contribution in [3.63, 3.8) is 0 Å². The van der Waals surface area contributed by atoms with Crippen LogP contribution in [0.5, 0.6) is 5.75 Å². The summed E-state index contributed by atoms with van der Waals surface area (Å²) in [4.78, 5) is 23.6. The highest BCUT2D eigenvalue weighted by Crippen LogP contribution is 2.37. The Morgan fingerprint density at radius 1 is 1.10 bits per heavy atom. The summed E-state index contributed by atoms with van der Waals surface area (Å²) in [5, 5.41) is 19.3. The lowest BCUT2D eigenvalue weighted by atomic mass is 9.95. The van der Waals surface area contributed by atoms with E-state index in [1.165, 1.54) is 6.07 Å². The summed E-state index contributed by atoms with van der Waals surface area (Å²) in [5.41, 5.74) is 2.18. The Labute approximate surface area is 121 Å². The van der Waals surface area contributed by atoms with Crippen LogP contribution in [0.2, 0.25) is 0 Å². The maximum atomic E-state index is 12.4. The average Bonchev–Trinajstić information content (AvgIpc) is 2.89. The van der Waals surface area contributed by atoms with E-state index in [4.69, 9.17) is 5.11 Å². The van der Waals surface area contributed by atoms with Gasteiger partial charge >= 0.3 is 5.97 Å². The molecule has 0 radical (unpaired) electrons. The monoisotopic (exact) mass is 282 g/mol. The smallest absolute Gasteiger partial charge is 0.310 e. The second kappa shape index (κ2) is 5.05. The van der Waals surface area contributed by atoms with E-state index in [2.05, 4.69) is 0 Å². The second-order valence-corrected chi connectivity index (χ2v) is 5.19. The molecule has 0 amide bonds. The van der Waals surface area contributed by atoms with Crippen LogP contribution < -0.4 is 0 Å². The first-order chi connectivity index (χ1) is 10.1. The lowest BCUT2D eigenvalue weighted by Gasteiger charge is -2.10. The minimum Gasteiger partial charge on any atom is -0.507 e. The number of aliphatic carboxylic acids is 1. The number of hydrogen-bond donors (Lipinski definition) is 2. The maximum Gasteiger partial charge on any atom is 0.310 e. The number of carbonyl (C=O) groups is 2. The maximum absolute atomic E-state index is 12.4. The van der Waals surface area contributed by atoms with Crippen molar-refractivity contribution in [1.82, 2.24) is 0 Å². The zero-order chi connectivity index (χ0) is 15.0. The molecule has 0 bridgehead atoms. The van der Waals surface area contributed by atoms with Gasteiger partial charge < -0.3 is 10.2 Å². The molecule has 0 spiro atoms. The van der Waals surface area contributed by atoms with Gasteiger partial charge in [0.25, 0.3) is 0 Å². The minimum atomic E-state index is -0.893. The molecule has 106 valence electrons. The van der Waals surface area contributed by atoms with Crippen LogP contribution in [0.25, 0.3) is 0 Å². The highest BCUT2D eigenvalue weighted by Gasteiger charge is 2.30. The van der Waals surface area contributed by atoms with Crippen molar-refractivity contribution in [3.8, 4) is 5.75 Å². The molecule has 21 heavy (non-hydrogen) atoms. The van der Waals surface area contributed by atoms with Crippen molar-refractivity contribution in [1.29, 1.82) is 0 Å². The Kier molecular flexibility index (Phi) is 3.22. The van der Waals surface area contributed by atoms with Gasteiger partial charge in [0.15, 0.2) is 5.78 Å². The molecule has 1 unspecified atom stereocenters. The van der Waals surface area contributed by atoms with Gasteiger partial charge in [0.2, 0.25) is 0 Å². The number of aryl methyl sites for hydroxylation is 1.